The minimum atomic E-state index is 0.100. The Morgan fingerprint density at radius 3 is 1.82 bits per heavy atom. The Morgan fingerprint density at radius 1 is 0.475 bits per heavy atom. The first-order chi connectivity index (χ1) is 30.3. The molecule has 3 aliphatic rings. The second-order valence-electron chi connectivity index (χ2n) is 17.0. The van der Waals surface area contributed by atoms with Gasteiger partial charge in [-0.2, -0.15) is 0 Å². The van der Waals surface area contributed by atoms with Crippen LogP contribution in [0.2, 0.25) is 0 Å². The largest absolute Gasteiger partial charge is 0.311 e. The smallest absolute Gasteiger partial charge is 0.264 e. The van der Waals surface area contributed by atoms with E-state index in [0.29, 0.717) is 5.92 Å². The molecule has 0 radical (unpaired) electrons. The first-order valence-corrected chi connectivity index (χ1v) is 22.8. The number of anilines is 6. The van der Waals surface area contributed by atoms with E-state index in [9.17, 15) is 0 Å². The standard InChI is InChI=1S/C57H45BN2S/c1-5-19-39(20-6-1)43-27-17-30-47(35-43)60-52-38-45(40-21-7-2-8-22-40)37-51-55(52)58(57-56(60)48-31-13-16-34-53(48)61-57)49-32-14-15-33-50(49)59(51)46-29-18-28-44(36-46)54(41-23-9-3-10-24-41)42-25-11-4-12-26-42/h1,3-6,9-20,23-38,40,54H,2,7-8,21-22H2. The van der Waals surface area contributed by atoms with Crippen molar-refractivity contribution in [1.29, 1.82) is 0 Å². The van der Waals surface area contributed by atoms with Crippen LogP contribution >= 0.6 is 11.3 Å². The zero-order valence-corrected chi connectivity index (χ0v) is 34.9. The molecule has 8 aromatic carbocycles. The van der Waals surface area contributed by atoms with Crippen LogP contribution in [0.3, 0.4) is 0 Å². The quantitative estimate of drug-likeness (QED) is 0.117. The summed E-state index contributed by atoms with van der Waals surface area (Å²) in [5.41, 5.74) is 18.2. The third kappa shape index (κ3) is 6.15. The van der Waals surface area contributed by atoms with Gasteiger partial charge in [-0.15, -0.1) is 11.3 Å². The summed E-state index contributed by atoms with van der Waals surface area (Å²) < 4.78 is 2.75. The number of benzene rings is 8. The molecule has 0 atom stereocenters. The number of para-hydroxylation sites is 1. The van der Waals surface area contributed by atoms with E-state index in [4.69, 9.17) is 0 Å². The van der Waals surface area contributed by atoms with E-state index in [1.165, 1.54) is 125 Å². The average molecular weight is 801 g/mol. The van der Waals surface area contributed by atoms with E-state index in [2.05, 4.69) is 210 Å². The number of thiophene rings is 1. The normalized spacial score (nSPS) is 14.5. The Morgan fingerprint density at radius 2 is 1.07 bits per heavy atom. The minimum Gasteiger partial charge on any atom is -0.311 e. The lowest BCUT2D eigenvalue weighted by Crippen LogP contribution is -2.60. The van der Waals surface area contributed by atoms with E-state index in [1.54, 1.807) is 0 Å². The van der Waals surface area contributed by atoms with Crippen molar-refractivity contribution in [2.75, 3.05) is 9.80 Å². The SMILES string of the molecule is c1ccc(-c2cccc(N3c4cc(C5CCCCC5)cc5c4B(c4ccccc4N5c4cccc(C(c5ccccc5)c5ccccc5)c4)c4sc5ccccc5c43)c2)cc1. The van der Waals surface area contributed by atoms with Gasteiger partial charge in [0.15, 0.2) is 0 Å². The number of rotatable bonds is 7. The van der Waals surface area contributed by atoms with Crippen molar-refractivity contribution in [3.8, 4) is 11.1 Å². The molecule has 0 amide bonds. The number of fused-ring (bicyclic) bond motifs is 6. The lowest BCUT2D eigenvalue weighted by molar-refractivity contribution is 0.444. The van der Waals surface area contributed by atoms with Crippen LogP contribution in [-0.4, -0.2) is 6.71 Å². The first-order valence-electron chi connectivity index (χ1n) is 22.0. The summed E-state index contributed by atoms with van der Waals surface area (Å²) in [7, 11) is 0. The second-order valence-corrected chi connectivity index (χ2v) is 18.1. The molecule has 1 fully saturated rings. The fraction of sp³-hybridized carbons (Fsp3) is 0.123. The molecule has 9 aromatic rings. The molecule has 0 bridgehead atoms. The first kappa shape index (κ1) is 36.3. The van der Waals surface area contributed by atoms with Gasteiger partial charge in [0.05, 0.1) is 5.69 Å². The van der Waals surface area contributed by atoms with Crippen LogP contribution in [0.25, 0.3) is 21.2 Å². The van der Waals surface area contributed by atoms with Crippen molar-refractivity contribution in [2.24, 2.45) is 0 Å². The van der Waals surface area contributed by atoms with Crippen molar-refractivity contribution >= 4 is 78.0 Å². The predicted octanol–water partition coefficient (Wildman–Crippen LogP) is 13.9. The van der Waals surface area contributed by atoms with Crippen molar-refractivity contribution in [3.63, 3.8) is 0 Å². The maximum atomic E-state index is 2.64. The van der Waals surface area contributed by atoms with Crippen LogP contribution in [-0.2, 0) is 0 Å². The highest BCUT2D eigenvalue weighted by molar-refractivity contribution is 7.33. The molecular weight excluding hydrogens is 756 g/mol. The lowest BCUT2D eigenvalue weighted by atomic mass is 9.36. The van der Waals surface area contributed by atoms with Crippen LogP contribution in [0.4, 0.5) is 34.1 Å². The van der Waals surface area contributed by atoms with Gasteiger partial charge >= 0.3 is 0 Å². The lowest BCUT2D eigenvalue weighted by Gasteiger charge is -2.44. The number of hydrogen-bond acceptors (Lipinski definition) is 3. The van der Waals surface area contributed by atoms with Crippen LogP contribution in [0, 0.1) is 0 Å². The highest BCUT2D eigenvalue weighted by Gasteiger charge is 2.45. The highest BCUT2D eigenvalue weighted by atomic mass is 32.1. The molecule has 1 aromatic heterocycles. The predicted molar refractivity (Wildman–Crippen MR) is 261 cm³/mol. The molecular formula is C57H45BN2S. The van der Waals surface area contributed by atoms with Crippen LogP contribution in [0.15, 0.2) is 200 Å². The molecule has 292 valence electrons. The summed E-state index contributed by atoms with van der Waals surface area (Å²) in [5, 5.41) is 1.32. The topological polar surface area (TPSA) is 6.48 Å². The van der Waals surface area contributed by atoms with Crippen LogP contribution in [0.1, 0.15) is 66.2 Å². The fourth-order valence-electron chi connectivity index (χ4n) is 10.8. The molecule has 0 unspecified atom stereocenters. The molecule has 12 rings (SSSR count). The molecule has 0 spiro atoms. The summed E-state index contributed by atoms with van der Waals surface area (Å²) >= 11 is 1.97. The zero-order valence-electron chi connectivity index (χ0n) is 34.1. The Kier molecular flexibility index (Phi) is 9.00. The summed E-state index contributed by atoms with van der Waals surface area (Å²) in [6, 6.07) is 75.1. The second kappa shape index (κ2) is 15.1. The number of nitrogens with zero attached hydrogens (tertiary/aromatic N) is 2. The average Bonchev–Trinajstić information content (AvgIpc) is 3.72. The molecule has 1 saturated carbocycles. The maximum Gasteiger partial charge on any atom is 0.264 e. The van der Waals surface area contributed by atoms with E-state index in [1.807, 2.05) is 11.3 Å². The zero-order chi connectivity index (χ0) is 40.3. The van der Waals surface area contributed by atoms with Gasteiger partial charge in [0.1, 0.15) is 0 Å². The molecule has 4 heteroatoms. The summed E-state index contributed by atoms with van der Waals surface area (Å²) in [6.45, 7) is 0.100. The van der Waals surface area contributed by atoms with Gasteiger partial charge in [-0.1, -0.05) is 171 Å². The van der Waals surface area contributed by atoms with E-state index >= 15 is 0 Å². The molecule has 2 nitrogen and oxygen atoms in total. The van der Waals surface area contributed by atoms with Crippen molar-refractivity contribution in [1.82, 2.24) is 0 Å². The van der Waals surface area contributed by atoms with Crippen molar-refractivity contribution in [3.05, 3.63) is 222 Å². The molecule has 3 heterocycles. The number of hydrogen-bond donors (Lipinski definition) is 0. The molecule has 2 aliphatic heterocycles. The van der Waals surface area contributed by atoms with Crippen LogP contribution in [0.5, 0.6) is 0 Å². The van der Waals surface area contributed by atoms with E-state index < -0.39 is 0 Å². The fourth-order valence-corrected chi connectivity index (χ4v) is 12.1. The van der Waals surface area contributed by atoms with E-state index in [0.717, 1.165) is 0 Å². The van der Waals surface area contributed by atoms with E-state index in [-0.39, 0.29) is 12.6 Å². The molecule has 1 aliphatic carbocycles. The van der Waals surface area contributed by atoms with Gasteiger partial charge < -0.3 is 9.80 Å². The third-order valence-electron chi connectivity index (χ3n) is 13.5. The summed E-state index contributed by atoms with van der Waals surface area (Å²) in [4.78, 5) is 5.26. The van der Waals surface area contributed by atoms with Gasteiger partial charge in [0.2, 0.25) is 0 Å². The van der Waals surface area contributed by atoms with Crippen molar-refractivity contribution in [2.45, 2.75) is 43.9 Å². The Balaban J connectivity index is 1.13. The summed E-state index contributed by atoms with van der Waals surface area (Å²) in [5.74, 6) is 0.629. The molecule has 61 heavy (non-hydrogen) atoms. The third-order valence-corrected chi connectivity index (χ3v) is 14.7. The monoisotopic (exact) mass is 800 g/mol. The maximum absolute atomic E-state index is 2.64. The van der Waals surface area contributed by atoms with Crippen molar-refractivity contribution < 1.29 is 0 Å². The Bertz CT molecular complexity index is 3000. The molecule has 0 saturated heterocycles. The van der Waals surface area contributed by atoms with Gasteiger partial charge in [-0.05, 0) is 112 Å². The van der Waals surface area contributed by atoms with Crippen LogP contribution < -0.4 is 25.5 Å². The van der Waals surface area contributed by atoms with Gasteiger partial charge in [-0.25, -0.2) is 0 Å². The van der Waals surface area contributed by atoms with Gasteiger partial charge in [0.25, 0.3) is 6.71 Å². The molecule has 0 N–H and O–H groups in total. The minimum absolute atomic E-state index is 0.100. The van der Waals surface area contributed by atoms with Gasteiger partial charge in [-0.3, -0.25) is 0 Å². The highest BCUT2D eigenvalue weighted by Crippen LogP contribution is 2.50. The summed E-state index contributed by atoms with van der Waals surface area (Å²) in [6.07, 6.45) is 6.38. The van der Waals surface area contributed by atoms with Gasteiger partial charge in [0, 0.05) is 49.2 Å². The Labute approximate surface area is 363 Å². The Hall–Kier alpha value is -6.62.